The second-order valence-corrected chi connectivity index (χ2v) is 7.36. The maximum Gasteiger partial charge on any atom is 0.309 e. The predicted molar refractivity (Wildman–Crippen MR) is 110 cm³/mol. The van der Waals surface area contributed by atoms with E-state index in [1.807, 2.05) is 0 Å². The smallest absolute Gasteiger partial charge is 0.309 e. The van der Waals surface area contributed by atoms with Gasteiger partial charge in [-0.2, -0.15) is 5.10 Å². The number of rotatable bonds is 6. The molecular formula is C21H26N4O5. The molecule has 1 atom stereocenters. The maximum absolute atomic E-state index is 12.7. The van der Waals surface area contributed by atoms with Crippen LogP contribution in [-0.2, 0) is 25.5 Å². The fourth-order valence-corrected chi connectivity index (χ4v) is 3.68. The highest BCUT2D eigenvalue weighted by molar-refractivity contribution is 5.91. The van der Waals surface area contributed by atoms with Gasteiger partial charge < -0.3 is 15.0 Å². The van der Waals surface area contributed by atoms with Gasteiger partial charge in [-0.05, 0) is 32.8 Å². The summed E-state index contributed by atoms with van der Waals surface area (Å²) in [5, 5.41) is 10.2. The summed E-state index contributed by atoms with van der Waals surface area (Å²) in [6.45, 7) is 4.66. The molecule has 3 rings (SSSR count). The second kappa shape index (κ2) is 9.51. The number of likely N-dealkylation sites (tertiary alicyclic amines) is 1. The van der Waals surface area contributed by atoms with E-state index < -0.39 is 6.04 Å². The van der Waals surface area contributed by atoms with Crippen LogP contribution in [-0.4, -0.2) is 58.6 Å². The lowest BCUT2D eigenvalue weighted by Gasteiger charge is -2.32. The summed E-state index contributed by atoms with van der Waals surface area (Å²) < 4.78 is 5.04. The molecule has 2 aromatic rings. The first kappa shape index (κ1) is 21.5. The van der Waals surface area contributed by atoms with Crippen LogP contribution >= 0.6 is 0 Å². The van der Waals surface area contributed by atoms with Crippen LogP contribution in [0.4, 0.5) is 0 Å². The van der Waals surface area contributed by atoms with Crippen molar-refractivity contribution in [2.45, 2.75) is 39.2 Å². The normalized spacial score (nSPS) is 15.6. The van der Waals surface area contributed by atoms with Crippen LogP contribution in [0, 0.1) is 5.92 Å². The molecule has 1 aliphatic rings. The summed E-state index contributed by atoms with van der Waals surface area (Å²) in [6, 6.07) is 6.22. The highest BCUT2D eigenvalue weighted by Gasteiger charge is 2.30. The van der Waals surface area contributed by atoms with E-state index in [1.54, 1.807) is 43.0 Å². The molecule has 1 aromatic heterocycles. The number of amides is 2. The molecule has 1 fully saturated rings. The number of aromatic nitrogens is 2. The number of hydrogen-bond donors (Lipinski definition) is 2. The van der Waals surface area contributed by atoms with Gasteiger partial charge in [0.2, 0.25) is 11.8 Å². The molecular weight excluding hydrogens is 388 g/mol. The third-order valence-electron chi connectivity index (χ3n) is 5.28. The van der Waals surface area contributed by atoms with Crippen molar-refractivity contribution in [1.29, 1.82) is 0 Å². The van der Waals surface area contributed by atoms with Crippen molar-refractivity contribution in [2.75, 3.05) is 19.7 Å². The highest BCUT2D eigenvalue weighted by Crippen LogP contribution is 2.19. The van der Waals surface area contributed by atoms with Gasteiger partial charge in [-0.1, -0.05) is 18.2 Å². The Kier molecular flexibility index (Phi) is 6.81. The van der Waals surface area contributed by atoms with Crippen molar-refractivity contribution in [2.24, 2.45) is 5.92 Å². The van der Waals surface area contributed by atoms with Crippen molar-refractivity contribution >= 4 is 28.6 Å². The van der Waals surface area contributed by atoms with E-state index in [4.69, 9.17) is 4.74 Å². The van der Waals surface area contributed by atoms with Crippen LogP contribution in [0.15, 0.2) is 29.1 Å². The zero-order chi connectivity index (χ0) is 21.7. The molecule has 160 valence electrons. The number of H-pyrrole nitrogens is 1. The summed E-state index contributed by atoms with van der Waals surface area (Å²) in [4.78, 5) is 50.5. The van der Waals surface area contributed by atoms with Crippen molar-refractivity contribution in [1.82, 2.24) is 20.4 Å². The summed E-state index contributed by atoms with van der Waals surface area (Å²) in [7, 11) is 0. The minimum absolute atomic E-state index is 0.0557. The number of benzene rings is 1. The molecule has 30 heavy (non-hydrogen) atoms. The quantitative estimate of drug-likeness (QED) is 0.674. The number of esters is 1. The van der Waals surface area contributed by atoms with Crippen LogP contribution in [0.25, 0.3) is 10.8 Å². The first-order chi connectivity index (χ1) is 14.4. The van der Waals surface area contributed by atoms with Crippen LogP contribution in [0.2, 0.25) is 0 Å². The van der Waals surface area contributed by atoms with E-state index in [1.165, 1.54) is 0 Å². The number of nitrogens with one attached hydrogen (secondary N) is 2. The SMILES string of the molecule is CCOC(=O)C1CCN(C(=O)[C@H](C)NC(=O)Cc2n[nH]c(=O)c3ccccc23)CC1. The van der Waals surface area contributed by atoms with Crippen LogP contribution in [0.1, 0.15) is 32.4 Å². The van der Waals surface area contributed by atoms with Crippen LogP contribution in [0.3, 0.4) is 0 Å². The molecule has 0 unspecified atom stereocenters. The molecule has 2 amide bonds. The minimum atomic E-state index is -0.703. The highest BCUT2D eigenvalue weighted by atomic mass is 16.5. The van der Waals surface area contributed by atoms with Crippen LogP contribution in [0.5, 0.6) is 0 Å². The molecule has 9 heteroatoms. The molecule has 1 saturated heterocycles. The lowest BCUT2D eigenvalue weighted by atomic mass is 9.96. The fraction of sp³-hybridized carbons (Fsp3) is 0.476. The molecule has 1 aliphatic heterocycles. The lowest BCUT2D eigenvalue weighted by Crippen LogP contribution is -2.50. The van der Waals surface area contributed by atoms with E-state index in [-0.39, 0.29) is 35.7 Å². The van der Waals surface area contributed by atoms with Gasteiger partial charge in [0.25, 0.3) is 5.56 Å². The Labute approximate surface area is 173 Å². The van der Waals surface area contributed by atoms with E-state index >= 15 is 0 Å². The number of carbonyl (C=O) groups is 3. The molecule has 2 heterocycles. The Morgan fingerprint density at radius 3 is 2.57 bits per heavy atom. The van der Waals surface area contributed by atoms with Gasteiger partial charge in [-0.3, -0.25) is 19.2 Å². The Hall–Kier alpha value is -3.23. The monoisotopic (exact) mass is 414 g/mol. The van der Waals surface area contributed by atoms with Gasteiger partial charge in [0, 0.05) is 18.5 Å². The summed E-state index contributed by atoms with van der Waals surface area (Å²) in [5.74, 6) is -0.947. The molecule has 9 nitrogen and oxygen atoms in total. The second-order valence-electron chi connectivity index (χ2n) is 7.36. The summed E-state index contributed by atoms with van der Waals surface area (Å²) in [5.41, 5.74) is 0.127. The summed E-state index contributed by atoms with van der Waals surface area (Å²) >= 11 is 0. The van der Waals surface area contributed by atoms with E-state index in [2.05, 4.69) is 15.5 Å². The molecule has 0 radical (unpaired) electrons. The van der Waals surface area contributed by atoms with Crippen molar-refractivity contribution in [3.8, 4) is 0 Å². The Morgan fingerprint density at radius 1 is 1.23 bits per heavy atom. The number of nitrogens with zero attached hydrogens (tertiary/aromatic N) is 2. The molecule has 0 spiro atoms. The largest absolute Gasteiger partial charge is 0.466 e. The first-order valence-corrected chi connectivity index (χ1v) is 10.1. The average molecular weight is 414 g/mol. The standard InChI is InChI=1S/C21H26N4O5/c1-3-30-21(29)14-8-10-25(11-9-14)20(28)13(2)22-18(26)12-17-15-6-4-5-7-16(15)19(27)24-23-17/h4-7,13-14H,3,8-12H2,1-2H3,(H,22,26)(H,24,27)/t13-/m0/s1. The Morgan fingerprint density at radius 2 is 1.90 bits per heavy atom. The Balaban J connectivity index is 1.56. The number of ether oxygens (including phenoxy) is 1. The first-order valence-electron chi connectivity index (χ1n) is 10.1. The number of carbonyl (C=O) groups excluding carboxylic acids is 3. The number of piperidine rings is 1. The van der Waals surface area contributed by atoms with Gasteiger partial charge in [0.1, 0.15) is 6.04 Å². The van der Waals surface area contributed by atoms with Crippen molar-refractivity contribution < 1.29 is 19.1 Å². The average Bonchev–Trinajstić information content (AvgIpc) is 2.75. The van der Waals surface area contributed by atoms with Gasteiger partial charge in [0.05, 0.1) is 30.0 Å². The zero-order valence-electron chi connectivity index (χ0n) is 17.1. The summed E-state index contributed by atoms with van der Waals surface area (Å²) in [6.07, 6.45) is 1.05. The molecule has 2 N–H and O–H groups in total. The lowest BCUT2D eigenvalue weighted by molar-refractivity contribution is -0.151. The maximum atomic E-state index is 12.7. The number of hydrogen-bond acceptors (Lipinski definition) is 6. The van der Waals surface area contributed by atoms with Crippen LogP contribution < -0.4 is 10.9 Å². The topological polar surface area (TPSA) is 121 Å². The minimum Gasteiger partial charge on any atom is -0.466 e. The van der Waals surface area contributed by atoms with Gasteiger partial charge in [-0.15, -0.1) is 0 Å². The predicted octanol–water partition coefficient (Wildman–Crippen LogP) is 0.772. The van der Waals surface area contributed by atoms with Crippen molar-refractivity contribution in [3.05, 3.63) is 40.3 Å². The van der Waals surface area contributed by atoms with E-state index in [9.17, 15) is 19.2 Å². The third kappa shape index (κ3) is 4.84. The fourth-order valence-electron chi connectivity index (χ4n) is 3.68. The molecule has 1 aromatic carbocycles. The molecule has 0 bridgehead atoms. The third-order valence-corrected chi connectivity index (χ3v) is 5.28. The Bertz CT molecular complexity index is 994. The molecule has 0 saturated carbocycles. The zero-order valence-corrected chi connectivity index (χ0v) is 17.1. The van der Waals surface area contributed by atoms with Crippen molar-refractivity contribution in [3.63, 3.8) is 0 Å². The van der Waals surface area contributed by atoms with Gasteiger partial charge in [-0.25, -0.2) is 5.10 Å². The van der Waals surface area contributed by atoms with Gasteiger partial charge >= 0.3 is 5.97 Å². The van der Waals surface area contributed by atoms with E-state index in [0.29, 0.717) is 49.0 Å². The number of fused-ring (bicyclic) bond motifs is 1. The molecule has 0 aliphatic carbocycles. The van der Waals surface area contributed by atoms with Gasteiger partial charge in [0.15, 0.2) is 0 Å². The number of aromatic amines is 1. The van der Waals surface area contributed by atoms with E-state index in [0.717, 1.165) is 0 Å².